The minimum Gasteiger partial charge on any atom is -0.478 e. The molecule has 0 fully saturated rings. The van der Waals surface area contributed by atoms with E-state index >= 15 is 0 Å². The Balaban J connectivity index is 0.000000408. The first-order valence-corrected chi connectivity index (χ1v) is 9.49. The van der Waals surface area contributed by atoms with E-state index in [1.807, 2.05) is 13.8 Å². The molecule has 0 saturated heterocycles. The summed E-state index contributed by atoms with van der Waals surface area (Å²) in [7, 11) is 0. The Bertz CT molecular complexity index is 636. The second-order valence-electron chi connectivity index (χ2n) is 7.01. The fraction of sp³-hybridized carbons (Fsp3) is 0.391. The fourth-order valence-electron chi connectivity index (χ4n) is 2.14. The minimum atomic E-state index is -0.879. The minimum absolute atomic E-state index is 0.267. The Morgan fingerprint density at radius 3 is 1.10 bits per heavy atom. The topological polar surface area (TPSA) is 115 Å². The van der Waals surface area contributed by atoms with E-state index in [0.717, 1.165) is 6.42 Å². The van der Waals surface area contributed by atoms with Gasteiger partial charge in [0.25, 0.3) is 0 Å². The second-order valence-corrected chi connectivity index (χ2v) is 7.01. The van der Waals surface area contributed by atoms with Crippen molar-refractivity contribution in [3.63, 3.8) is 0 Å². The Labute approximate surface area is 172 Å². The number of aliphatic hydroxyl groups is 2. The lowest BCUT2D eigenvalue weighted by Crippen LogP contribution is -2.21. The van der Waals surface area contributed by atoms with E-state index < -0.39 is 11.9 Å². The van der Waals surface area contributed by atoms with Crippen LogP contribution < -0.4 is 0 Å². The monoisotopic (exact) mass is 404 g/mol. The Kier molecular flexibility index (Phi) is 13.0. The number of carboxylic acid groups (broad SMARTS) is 2. The summed E-state index contributed by atoms with van der Waals surface area (Å²) in [6.07, 6.45) is 0.349. The smallest absolute Gasteiger partial charge is 0.335 e. The second kappa shape index (κ2) is 14.3. The lowest BCUT2D eigenvalue weighted by molar-refractivity contribution is 0.0686. The van der Waals surface area contributed by atoms with Gasteiger partial charge in [-0.05, 0) is 56.4 Å². The van der Waals surface area contributed by atoms with Crippen LogP contribution in [0.4, 0.5) is 0 Å². The van der Waals surface area contributed by atoms with Crippen molar-refractivity contribution in [3.05, 3.63) is 71.8 Å². The third-order valence-corrected chi connectivity index (χ3v) is 4.43. The summed E-state index contributed by atoms with van der Waals surface area (Å²) in [5.74, 6) is -1.20. The summed E-state index contributed by atoms with van der Waals surface area (Å²) in [5.41, 5.74) is 0.662. The van der Waals surface area contributed by atoms with Crippen molar-refractivity contribution in [2.75, 3.05) is 0 Å². The maximum atomic E-state index is 10.2. The zero-order chi connectivity index (χ0) is 22.4. The lowest BCUT2D eigenvalue weighted by Gasteiger charge is -2.21. The number of carbonyl (C=O) groups is 2. The number of carboxylic acids is 2. The highest BCUT2D eigenvalue weighted by atomic mass is 16.4. The van der Waals surface area contributed by atoms with E-state index in [1.165, 1.54) is 0 Å². The van der Waals surface area contributed by atoms with E-state index in [2.05, 4.69) is 0 Å². The molecule has 6 heteroatoms. The van der Waals surface area contributed by atoms with Crippen LogP contribution in [0.1, 0.15) is 54.8 Å². The summed E-state index contributed by atoms with van der Waals surface area (Å²) in [4.78, 5) is 20.4. The molecule has 0 spiro atoms. The van der Waals surface area contributed by atoms with Gasteiger partial charge >= 0.3 is 11.9 Å². The maximum absolute atomic E-state index is 10.2. The number of aromatic carboxylic acids is 2. The molecule has 0 aliphatic rings. The zero-order valence-corrected chi connectivity index (χ0v) is 17.4. The molecule has 4 N–H and O–H groups in total. The van der Waals surface area contributed by atoms with Crippen LogP contribution in [0, 0.1) is 11.8 Å². The average Bonchev–Trinajstić information content (AvgIpc) is 2.70. The third kappa shape index (κ3) is 12.4. The SMILES string of the molecule is CC(O)C(C)CC(C)C(C)O.O=C(O)c1ccccc1.O=C(O)c1ccccc1. The van der Waals surface area contributed by atoms with Gasteiger partial charge in [-0.15, -0.1) is 0 Å². The van der Waals surface area contributed by atoms with Crippen LogP contribution in [0.15, 0.2) is 60.7 Å². The molecule has 2 aromatic rings. The average molecular weight is 405 g/mol. The summed E-state index contributed by atoms with van der Waals surface area (Å²) in [6.45, 7) is 7.59. The maximum Gasteiger partial charge on any atom is 0.335 e. The summed E-state index contributed by atoms with van der Waals surface area (Å²) < 4.78 is 0. The number of rotatable bonds is 6. The van der Waals surface area contributed by atoms with Crippen LogP contribution in [0.3, 0.4) is 0 Å². The van der Waals surface area contributed by atoms with Gasteiger partial charge in [0.1, 0.15) is 0 Å². The van der Waals surface area contributed by atoms with Crippen LogP contribution in [0.2, 0.25) is 0 Å². The van der Waals surface area contributed by atoms with Gasteiger partial charge in [-0.2, -0.15) is 0 Å². The highest BCUT2D eigenvalue weighted by Crippen LogP contribution is 2.17. The highest BCUT2D eigenvalue weighted by Gasteiger charge is 2.16. The molecule has 0 aliphatic carbocycles. The molecule has 0 radical (unpaired) electrons. The van der Waals surface area contributed by atoms with Crippen molar-refractivity contribution in [2.24, 2.45) is 11.8 Å². The van der Waals surface area contributed by atoms with Crippen molar-refractivity contribution in [1.29, 1.82) is 0 Å². The molecular weight excluding hydrogens is 372 g/mol. The van der Waals surface area contributed by atoms with Crippen molar-refractivity contribution >= 4 is 11.9 Å². The van der Waals surface area contributed by atoms with Gasteiger partial charge in [0.05, 0.1) is 23.3 Å². The number of benzene rings is 2. The molecule has 0 aliphatic heterocycles. The highest BCUT2D eigenvalue weighted by molar-refractivity contribution is 5.87. The standard InChI is InChI=1S/C9H20O2.2C7H6O2/c1-6(8(3)10)5-7(2)9(4)11;2*8-7(9)6-4-2-1-3-5-6/h6-11H,5H2,1-4H3;2*1-5H,(H,8,9). The van der Waals surface area contributed by atoms with E-state index in [1.54, 1.807) is 74.5 Å². The van der Waals surface area contributed by atoms with Gasteiger partial charge in [-0.3, -0.25) is 0 Å². The van der Waals surface area contributed by atoms with Gasteiger partial charge in [-0.1, -0.05) is 50.2 Å². The van der Waals surface area contributed by atoms with Gasteiger partial charge < -0.3 is 20.4 Å². The van der Waals surface area contributed by atoms with E-state index in [-0.39, 0.29) is 24.0 Å². The number of aliphatic hydroxyl groups excluding tert-OH is 2. The zero-order valence-electron chi connectivity index (χ0n) is 17.4. The lowest BCUT2D eigenvalue weighted by atomic mass is 9.91. The largest absolute Gasteiger partial charge is 0.478 e. The molecule has 2 rings (SSSR count). The van der Waals surface area contributed by atoms with Gasteiger partial charge in [-0.25, -0.2) is 9.59 Å². The molecule has 0 aromatic heterocycles. The fourth-order valence-corrected chi connectivity index (χ4v) is 2.14. The third-order valence-electron chi connectivity index (χ3n) is 4.43. The summed E-state index contributed by atoms with van der Waals surface area (Å²) in [5, 5.41) is 35.1. The predicted octanol–water partition coefficient (Wildman–Crippen LogP) is 4.18. The first kappa shape index (κ1) is 26.3. The Morgan fingerprint density at radius 2 is 0.931 bits per heavy atom. The van der Waals surface area contributed by atoms with Crippen molar-refractivity contribution in [3.8, 4) is 0 Å². The van der Waals surface area contributed by atoms with Crippen LogP contribution in [-0.4, -0.2) is 44.6 Å². The van der Waals surface area contributed by atoms with Crippen molar-refractivity contribution < 1.29 is 30.0 Å². The summed E-state index contributed by atoms with van der Waals surface area (Å²) >= 11 is 0. The van der Waals surface area contributed by atoms with E-state index in [0.29, 0.717) is 11.1 Å². The molecule has 0 bridgehead atoms. The first-order chi connectivity index (χ1) is 13.6. The molecule has 0 heterocycles. The van der Waals surface area contributed by atoms with Gasteiger partial charge in [0.2, 0.25) is 0 Å². The molecule has 160 valence electrons. The molecule has 0 amide bonds. The first-order valence-electron chi connectivity index (χ1n) is 9.49. The van der Waals surface area contributed by atoms with Crippen LogP contribution >= 0.6 is 0 Å². The van der Waals surface area contributed by atoms with Crippen LogP contribution in [0.5, 0.6) is 0 Å². The van der Waals surface area contributed by atoms with Gasteiger partial charge in [0, 0.05) is 0 Å². The normalized spacial score (nSPS) is 14.0. The van der Waals surface area contributed by atoms with E-state index in [4.69, 9.17) is 20.4 Å². The van der Waals surface area contributed by atoms with Crippen LogP contribution in [-0.2, 0) is 0 Å². The summed E-state index contributed by atoms with van der Waals surface area (Å²) in [6, 6.07) is 16.6. The molecule has 0 saturated carbocycles. The van der Waals surface area contributed by atoms with Crippen molar-refractivity contribution in [1.82, 2.24) is 0 Å². The van der Waals surface area contributed by atoms with Gasteiger partial charge in [0.15, 0.2) is 0 Å². The molecule has 4 unspecified atom stereocenters. The molecular formula is C23H32O6. The molecule has 4 atom stereocenters. The number of hydrogen-bond donors (Lipinski definition) is 4. The van der Waals surface area contributed by atoms with E-state index in [9.17, 15) is 9.59 Å². The predicted molar refractivity (Wildman–Crippen MR) is 113 cm³/mol. The molecule has 6 nitrogen and oxygen atoms in total. The quantitative estimate of drug-likeness (QED) is 0.574. The Hall–Kier alpha value is -2.70. The number of hydrogen-bond acceptors (Lipinski definition) is 4. The molecule has 2 aromatic carbocycles. The van der Waals surface area contributed by atoms with Crippen LogP contribution in [0.25, 0.3) is 0 Å². The van der Waals surface area contributed by atoms with Crippen molar-refractivity contribution in [2.45, 2.75) is 46.3 Å². The molecule has 29 heavy (non-hydrogen) atoms. The Morgan fingerprint density at radius 1 is 0.655 bits per heavy atom.